The fraction of sp³-hybridized carbons (Fsp3) is 0.526. The first-order valence-electron chi connectivity index (χ1n) is 8.86. The summed E-state index contributed by atoms with van der Waals surface area (Å²) in [4.78, 5) is 14.5. The molecule has 2 aliphatic rings. The zero-order chi connectivity index (χ0) is 16.9. The highest BCUT2D eigenvalue weighted by Gasteiger charge is 2.20. The third kappa shape index (κ3) is 4.29. The molecule has 5 nitrogen and oxygen atoms in total. The summed E-state index contributed by atoms with van der Waals surface area (Å²) >= 11 is 0. The number of aliphatic hydroxyl groups excluding tert-OH is 1. The van der Waals surface area contributed by atoms with Crippen molar-refractivity contribution in [3.63, 3.8) is 0 Å². The van der Waals surface area contributed by atoms with Crippen molar-refractivity contribution in [3.05, 3.63) is 36.4 Å². The molecule has 5 heteroatoms. The normalized spacial score (nSPS) is 24.2. The minimum absolute atomic E-state index is 0.00563. The summed E-state index contributed by atoms with van der Waals surface area (Å²) in [7, 11) is 0. The Kier molecular flexibility index (Phi) is 5.41. The second kappa shape index (κ2) is 7.71. The maximum absolute atomic E-state index is 12.2. The molecule has 1 aromatic carbocycles. The van der Waals surface area contributed by atoms with Crippen LogP contribution in [0, 0.1) is 11.8 Å². The number of carbonyl (C=O) groups excluding carboxylic acids is 1. The van der Waals surface area contributed by atoms with Crippen LogP contribution in [0.2, 0.25) is 0 Å². The van der Waals surface area contributed by atoms with Gasteiger partial charge in [0.2, 0.25) is 0 Å². The molecule has 2 amide bonds. The van der Waals surface area contributed by atoms with E-state index >= 15 is 0 Å². The first-order chi connectivity index (χ1) is 11.6. The molecule has 1 fully saturated rings. The van der Waals surface area contributed by atoms with Crippen LogP contribution in [0.4, 0.5) is 16.2 Å². The Morgan fingerprint density at radius 2 is 2.08 bits per heavy atom. The summed E-state index contributed by atoms with van der Waals surface area (Å²) in [6.07, 6.45) is 7.11. The topological polar surface area (TPSA) is 64.6 Å². The average Bonchev–Trinajstić information content (AvgIpc) is 3.03. The number of piperidine rings is 1. The molecule has 3 rings (SSSR count). The van der Waals surface area contributed by atoms with Crippen LogP contribution in [0.3, 0.4) is 0 Å². The van der Waals surface area contributed by atoms with Gasteiger partial charge < -0.3 is 20.6 Å². The maximum atomic E-state index is 12.2. The zero-order valence-electron chi connectivity index (χ0n) is 14.2. The molecule has 0 spiro atoms. The van der Waals surface area contributed by atoms with Gasteiger partial charge in [0.15, 0.2) is 0 Å². The monoisotopic (exact) mass is 329 g/mol. The first kappa shape index (κ1) is 16.8. The highest BCUT2D eigenvalue weighted by molar-refractivity contribution is 5.90. The van der Waals surface area contributed by atoms with Crippen LogP contribution in [-0.4, -0.2) is 36.9 Å². The summed E-state index contributed by atoms with van der Waals surface area (Å²) in [5, 5.41) is 15.0. The summed E-state index contributed by atoms with van der Waals surface area (Å²) in [6.45, 7) is 4.59. The van der Waals surface area contributed by atoms with Crippen LogP contribution < -0.4 is 15.5 Å². The van der Waals surface area contributed by atoms with Crippen molar-refractivity contribution >= 4 is 17.4 Å². The SMILES string of the molecule is CC1CCN(c2cccc(NC(=O)N[C@@H]3C=C[C@H](CO)C3)c2)CC1. The summed E-state index contributed by atoms with van der Waals surface area (Å²) < 4.78 is 0. The van der Waals surface area contributed by atoms with Gasteiger partial charge in [-0.1, -0.05) is 25.1 Å². The molecule has 24 heavy (non-hydrogen) atoms. The fourth-order valence-corrected chi connectivity index (χ4v) is 3.40. The number of amides is 2. The number of rotatable bonds is 4. The molecule has 0 saturated carbocycles. The van der Waals surface area contributed by atoms with Gasteiger partial charge in [-0.25, -0.2) is 4.79 Å². The lowest BCUT2D eigenvalue weighted by Crippen LogP contribution is -2.36. The number of aliphatic hydroxyl groups is 1. The number of anilines is 2. The van der Waals surface area contributed by atoms with Crippen molar-refractivity contribution < 1.29 is 9.90 Å². The number of hydrogen-bond acceptors (Lipinski definition) is 3. The van der Waals surface area contributed by atoms with E-state index in [4.69, 9.17) is 5.11 Å². The Labute approximate surface area is 143 Å². The maximum Gasteiger partial charge on any atom is 0.319 e. The van der Waals surface area contributed by atoms with Gasteiger partial charge >= 0.3 is 6.03 Å². The molecule has 1 heterocycles. The zero-order valence-corrected chi connectivity index (χ0v) is 14.2. The van der Waals surface area contributed by atoms with E-state index in [1.54, 1.807) is 0 Å². The fourth-order valence-electron chi connectivity index (χ4n) is 3.40. The van der Waals surface area contributed by atoms with Gasteiger partial charge in [-0.15, -0.1) is 0 Å². The molecule has 1 aliphatic heterocycles. The average molecular weight is 329 g/mol. The van der Waals surface area contributed by atoms with Crippen LogP contribution in [-0.2, 0) is 0 Å². The molecule has 1 saturated heterocycles. The molecule has 130 valence electrons. The molecule has 0 aromatic heterocycles. The second-order valence-electron chi connectivity index (χ2n) is 6.99. The third-order valence-electron chi connectivity index (χ3n) is 4.98. The Hall–Kier alpha value is -2.01. The van der Waals surface area contributed by atoms with Crippen LogP contribution in [0.15, 0.2) is 36.4 Å². The molecule has 1 aromatic rings. The van der Waals surface area contributed by atoms with Gasteiger partial charge in [-0.05, 0) is 43.4 Å². The lowest BCUT2D eigenvalue weighted by atomic mass is 9.99. The van der Waals surface area contributed by atoms with Crippen molar-refractivity contribution in [3.8, 4) is 0 Å². The number of nitrogens with one attached hydrogen (secondary N) is 2. The number of benzene rings is 1. The molecular formula is C19H27N3O2. The van der Waals surface area contributed by atoms with Crippen molar-refractivity contribution in [2.75, 3.05) is 29.9 Å². The molecule has 0 unspecified atom stereocenters. The van der Waals surface area contributed by atoms with Crippen molar-refractivity contribution in [1.82, 2.24) is 5.32 Å². The summed E-state index contributed by atoms with van der Waals surface area (Å²) in [5.74, 6) is 0.954. The van der Waals surface area contributed by atoms with E-state index in [-0.39, 0.29) is 24.6 Å². The van der Waals surface area contributed by atoms with E-state index in [0.29, 0.717) is 0 Å². The lowest BCUT2D eigenvalue weighted by Gasteiger charge is -2.32. The van der Waals surface area contributed by atoms with Crippen molar-refractivity contribution in [2.24, 2.45) is 11.8 Å². The molecule has 1 aliphatic carbocycles. The van der Waals surface area contributed by atoms with Gasteiger partial charge in [0.25, 0.3) is 0 Å². The third-order valence-corrected chi connectivity index (χ3v) is 4.98. The van der Waals surface area contributed by atoms with E-state index < -0.39 is 0 Å². The van der Waals surface area contributed by atoms with Crippen molar-refractivity contribution in [2.45, 2.75) is 32.2 Å². The van der Waals surface area contributed by atoms with Crippen LogP contribution >= 0.6 is 0 Å². The van der Waals surface area contributed by atoms with E-state index in [0.717, 1.165) is 31.1 Å². The Morgan fingerprint density at radius 3 is 2.79 bits per heavy atom. The highest BCUT2D eigenvalue weighted by atomic mass is 16.3. The molecule has 0 radical (unpaired) electrons. The molecular weight excluding hydrogens is 302 g/mol. The first-order valence-corrected chi connectivity index (χ1v) is 8.86. The Bertz CT molecular complexity index is 594. The van der Waals surface area contributed by atoms with Crippen molar-refractivity contribution in [1.29, 1.82) is 0 Å². The lowest BCUT2D eigenvalue weighted by molar-refractivity contribution is 0.238. The van der Waals surface area contributed by atoms with E-state index in [1.165, 1.54) is 18.5 Å². The summed E-state index contributed by atoms with van der Waals surface area (Å²) in [6, 6.07) is 7.83. The smallest absolute Gasteiger partial charge is 0.319 e. The molecule has 3 N–H and O–H groups in total. The predicted octanol–water partition coefficient (Wildman–Crippen LogP) is 2.98. The van der Waals surface area contributed by atoms with Gasteiger partial charge in [0.1, 0.15) is 0 Å². The molecule has 0 bridgehead atoms. The quantitative estimate of drug-likeness (QED) is 0.744. The minimum atomic E-state index is -0.201. The van der Waals surface area contributed by atoms with Crippen LogP contribution in [0.5, 0.6) is 0 Å². The van der Waals surface area contributed by atoms with E-state index in [9.17, 15) is 4.79 Å². The number of urea groups is 1. The Balaban J connectivity index is 1.54. The standard InChI is InChI=1S/C19H27N3O2/c1-14-7-9-22(10-8-14)18-4-2-3-16(12-18)20-19(24)21-17-6-5-15(11-17)13-23/h2-6,12,14-15,17,23H,7-11,13H2,1H3,(H2,20,21,24)/t15-,17+/m0/s1. The van der Waals surface area contributed by atoms with Crippen LogP contribution in [0.1, 0.15) is 26.2 Å². The Morgan fingerprint density at radius 1 is 1.29 bits per heavy atom. The largest absolute Gasteiger partial charge is 0.396 e. The van der Waals surface area contributed by atoms with Gasteiger partial charge in [-0.2, -0.15) is 0 Å². The van der Waals surface area contributed by atoms with Gasteiger partial charge in [-0.3, -0.25) is 0 Å². The van der Waals surface area contributed by atoms with Gasteiger partial charge in [0, 0.05) is 43.0 Å². The number of nitrogens with zero attached hydrogens (tertiary/aromatic N) is 1. The highest BCUT2D eigenvalue weighted by Crippen LogP contribution is 2.25. The van der Waals surface area contributed by atoms with Crippen LogP contribution in [0.25, 0.3) is 0 Å². The van der Waals surface area contributed by atoms with E-state index in [2.05, 4.69) is 28.5 Å². The van der Waals surface area contributed by atoms with Gasteiger partial charge in [0.05, 0.1) is 0 Å². The second-order valence-corrected chi connectivity index (χ2v) is 6.99. The minimum Gasteiger partial charge on any atom is -0.396 e. The number of hydrogen-bond donors (Lipinski definition) is 3. The number of carbonyl (C=O) groups is 1. The summed E-state index contributed by atoms with van der Waals surface area (Å²) in [5.41, 5.74) is 1.98. The molecule has 2 atom stereocenters. The predicted molar refractivity (Wildman–Crippen MR) is 97.3 cm³/mol. The van der Waals surface area contributed by atoms with E-state index in [1.807, 2.05) is 30.4 Å².